The molecule has 1 amide bonds. The van der Waals surface area contributed by atoms with E-state index < -0.39 is 12.5 Å². The van der Waals surface area contributed by atoms with Gasteiger partial charge in [-0.2, -0.15) is 0 Å². The highest BCUT2D eigenvalue weighted by Gasteiger charge is 2.38. The van der Waals surface area contributed by atoms with E-state index in [2.05, 4.69) is 0 Å². The molecule has 0 aliphatic carbocycles. The number of thioether (sulfide) groups is 2. The van der Waals surface area contributed by atoms with Crippen LogP contribution in [-0.4, -0.2) is 39.8 Å². The van der Waals surface area contributed by atoms with E-state index in [1.54, 1.807) is 0 Å². The first kappa shape index (κ1) is 14.4. The average Bonchev–Trinajstić information content (AvgIpc) is 2.91. The molecule has 21 heavy (non-hydrogen) atoms. The number of carbonyl (C=O) groups excluding carboxylic acids is 1. The summed E-state index contributed by atoms with van der Waals surface area (Å²) in [5.74, 6) is -1.41. The van der Waals surface area contributed by atoms with Gasteiger partial charge in [-0.25, -0.2) is 0 Å². The maximum atomic E-state index is 12.4. The molecule has 0 bridgehead atoms. The predicted octanol–water partition coefficient (Wildman–Crippen LogP) is 2.34. The maximum Gasteiger partial charge on any atom is 0.323 e. The zero-order valence-electron chi connectivity index (χ0n) is 10.9. The number of fused-ring (bicyclic) bond motifs is 1. The van der Waals surface area contributed by atoms with Crippen LogP contribution in [0.15, 0.2) is 39.1 Å². The minimum absolute atomic E-state index is 0.287. The predicted molar refractivity (Wildman–Crippen MR) is 87.3 cm³/mol. The van der Waals surface area contributed by atoms with Crippen LogP contribution in [0, 0.1) is 0 Å². The lowest BCUT2D eigenvalue weighted by Crippen LogP contribution is -2.33. The van der Waals surface area contributed by atoms with Crippen molar-refractivity contribution >= 4 is 57.6 Å². The van der Waals surface area contributed by atoms with E-state index >= 15 is 0 Å². The number of nitrogens with zero attached hydrogens (tertiary/aromatic N) is 2. The van der Waals surface area contributed by atoms with E-state index in [1.165, 1.54) is 11.8 Å². The molecule has 3 rings (SSSR count). The Morgan fingerprint density at radius 1 is 1.33 bits per heavy atom. The summed E-state index contributed by atoms with van der Waals surface area (Å²) >= 11 is 7.77. The number of anilines is 1. The van der Waals surface area contributed by atoms with Crippen LogP contribution in [0.25, 0.3) is 0 Å². The Morgan fingerprint density at radius 2 is 2.05 bits per heavy atom. The van der Waals surface area contributed by atoms with Gasteiger partial charge >= 0.3 is 5.97 Å². The highest BCUT2D eigenvalue weighted by atomic mass is 32.2. The van der Waals surface area contributed by atoms with Crippen LogP contribution >= 0.6 is 35.7 Å². The SMILES string of the molecule is CN1/C(=C2\SC(=S)N(CC(=O)O)C2=O)Sc2ccccc21. The summed E-state index contributed by atoms with van der Waals surface area (Å²) in [6.07, 6.45) is 0. The molecule has 1 aromatic carbocycles. The fraction of sp³-hybridized carbons (Fsp3) is 0.154. The molecular formula is C13H10N2O3S3. The average molecular weight is 338 g/mol. The first-order valence-electron chi connectivity index (χ1n) is 5.99. The van der Waals surface area contributed by atoms with Crippen LogP contribution < -0.4 is 4.90 Å². The molecule has 2 aliphatic rings. The van der Waals surface area contributed by atoms with Gasteiger partial charge in [0, 0.05) is 11.9 Å². The third-order valence-electron chi connectivity index (χ3n) is 3.07. The lowest BCUT2D eigenvalue weighted by atomic mass is 10.3. The van der Waals surface area contributed by atoms with Gasteiger partial charge in [-0.1, -0.05) is 47.9 Å². The topological polar surface area (TPSA) is 60.9 Å². The molecule has 0 unspecified atom stereocenters. The Morgan fingerprint density at radius 3 is 2.71 bits per heavy atom. The van der Waals surface area contributed by atoms with Crippen molar-refractivity contribution in [2.24, 2.45) is 0 Å². The largest absolute Gasteiger partial charge is 0.480 e. The molecule has 0 atom stereocenters. The molecule has 1 saturated heterocycles. The Labute approximate surface area is 135 Å². The monoisotopic (exact) mass is 338 g/mol. The zero-order chi connectivity index (χ0) is 15.1. The van der Waals surface area contributed by atoms with Crippen LogP contribution in [0.3, 0.4) is 0 Å². The molecule has 0 aromatic heterocycles. The van der Waals surface area contributed by atoms with Crippen LogP contribution in [0.2, 0.25) is 0 Å². The van der Waals surface area contributed by atoms with Crippen molar-refractivity contribution in [3.05, 3.63) is 34.2 Å². The summed E-state index contributed by atoms with van der Waals surface area (Å²) < 4.78 is 0.287. The van der Waals surface area contributed by atoms with Crippen molar-refractivity contribution in [2.75, 3.05) is 18.5 Å². The quantitative estimate of drug-likeness (QED) is 0.656. The molecule has 0 radical (unpaired) electrons. The second-order valence-corrected chi connectivity index (χ2v) is 7.09. The fourth-order valence-corrected chi connectivity index (χ4v) is 4.68. The summed E-state index contributed by atoms with van der Waals surface area (Å²) in [7, 11) is 1.89. The van der Waals surface area contributed by atoms with Gasteiger partial charge in [0.15, 0.2) is 0 Å². The number of hydrogen-bond acceptors (Lipinski definition) is 6. The number of rotatable bonds is 2. The normalized spacial score (nSPS) is 21.2. The number of benzene rings is 1. The number of amides is 1. The summed E-state index contributed by atoms with van der Waals surface area (Å²) in [6.45, 7) is -0.400. The molecule has 0 spiro atoms. The van der Waals surface area contributed by atoms with Crippen molar-refractivity contribution in [1.82, 2.24) is 4.90 Å². The Bertz CT molecular complexity index is 702. The van der Waals surface area contributed by atoms with Crippen molar-refractivity contribution in [2.45, 2.75) is 4.90 Å². The Kier molecular flexibility index (Phi) is 3.68. The molecule has 1 fully saturated rings. The number of hydrogen-bond donors (Lipinski definition) is 1. The summed E-state index contributed by atoms with van der Waals surface area (Å²) in [5, 5.41) is 9.65. The molecule has 1 N–H and O–H groups in total. The molecule has 8 heteroatoms. The van der Waals surface area contributed by atoms with Crippen molar-refractivity contribution in [3.63, 3.8) is 0 Å². The van der Waals surface area contributed by atoms with Gasteiger partial charge in [-0.15, -0.1) is 0 Å². The van der Waals surface area contributed by atoms with Crippen molar-refractivity contribution in [1.29, 1.82) is 0 Å². The summed E-state index contributed by atoms with van der Waals surface area (Å²) in [4.78, 5) is 27.8. The van der Waals surface area contributed by atoms with E-state index in [9.17, 15) is 9.59 Å². The molecule has 2 heterocycles. The summed E-state index contributed by atoms with van der Waals surface area (Å²) in [6, 6.07) is 7.85. The van der Waals surface area contributed by atoms with Gasteiger partial charge < -0.3 is 10.0 Å². The van der Waals surface area contributed by atoms with Gasteiger partial charge in [0.1, 0.15) is 15.8 Å². The third-order valence-corrected chi connectivity index (χ3v) is 5.88. The number of carboxylic acid groups (broad SMARTS) is 1. The van der Waals surface area contributed by atoms with Gasteiger partial charge in [-0.05, 0) is 12.1 Å². The van der Waals surface area contributed by atoms with Crippen LogP contribution in [-0.2, 0) is 9.59 Å². The zero-order valence-corrected chi connectivity index (χ0v) is 13.3. The van der Waals surface area contributed by atoms with Gasteiger partial charge in [0.05, 0.1) is 10.7 Å². The van der Waals surface area contributed by atoms with E-state index in [0.717, 1.165) is 32.3 Å². The standard InChI is InChI=1S/C13H10N2O3S3/c1-14-7-4-2-3-5-8(7)20-12(14)10-11(18)15(6-9(16)17)13(19)21-10/h2-5H,6H2,1H3,(H,16,17)/b12-10+. The van der Waals surface area contributed by atoms with E-state index in [0.29, 0.717) is 4.91 Å². The number of carboxylic acids is 1. The van der Waals surface area contributed by atoms with E-state index in [1.807, 2.05) is 36.2 Å². The summed E-state index contributed by atoms with van der Waals surface area (Å²) in [5.41, 5.74) is 1.03. The molecule has 2 aliphatic heterocycles. The van der Waals surface area contributed by atoms with E-state index in [4.69, 9.17) is 17.3 Å². The number of thiocarbonyl (C=S) groups is 1. The second-order valence-electron chi connectivity index (χ2n) is 4.42. The van der Waals surface area contributed by atoms with Gasteiger partial charge in [0.25, 0.3) is 5.91 Å². The molecule has 1 aromatic rings. The third kappa shape index (κ3) is 2.43. The second kappa shape index (κ2) is 5.36. The highest BCUT2D eigenvalue weighted by molar-refractivity contribution is 8.27. The Balaban J connectivity index is 1.97. The maximum absolute atomic E-state index is 12.4. The number of para-hydroxylation sites is 1. The first-order chi connectivity index (χ1) is 9.99. The molecular weight excluding hydrogens is 328 g/mol. The highest BCUT2D eigenvalue weighted by Crippen LogP contribution is 2.49. The molecule has 0 saturated carbocycles. The van der Waals surface area contributed by atoms with E-state index in [-0.39, 0.29) is 10.2 Å². The first-order valence-corrected chi connectivity index (χ1v) is 8.03. The minimum Gasteiger partial charge on any atom is -0.480 e. The molecule has 108 valence electrons. The number of aliphatic carboxylic acids is 1. The van der Waals surface area contributed by atoms with Gasteiger partial charge in [-0.3, -0.25) is 14.5 Å². The van der Waals surface area contributed by atoms with Crippen molar-refractivity contribution in [3.8, 4) is 0 Å². The lowest BCUT2D eigenvalue weighted by molar-refractivity contribution is -0.140. The van der Waals surface area contributed by atoms with Crippen LogP contribution in [0.5, 0.6) is 0 Å². The smallest absolute Gasteiger partial charge is 0.323 e. The fourth-order valence-electron chi connectivity index (χ4n) is 2.10. The van der Waals surface area contributed by atoms with Crippen molar-refractivity contribution < 1.29 is 14.7 Å². The Hall–Kier alpha value is -1.51. The lowest BCUT2D eigenvalue weighted by Gasteiger charge is -2.15. The van der Waals surface area contributed by atoms with Gasteiger partial charge in [0.2, 0.25) is 0 Å². The van der Waals surface area contributed by atoms with Crippen LogP contribution in [0.1, 0.15) is 0 Å². The minimum atomic E-state index is -1.08. The molecule has 5 nitrogen and oxygen atoms in total. The van der Waals surface area contributed by atoms with Crippen LogP contribution in [0.4, 0.5) is 5.69 Å². The number of carbonyl (C=O) groups is 2.